The highest BCUT2D eigenvalue weighted by Crippen LogP contribution is 1.99. The molecule has 2 nitrogen and oxygen atoms in total. The van der Waals surface area contributed by atoms with Crippen LogP contribution in [0.25, 0.3) is 0 Å². The molecule has 0 saturated heterocycles. The largest absolute Gasteiger partial charge is 0.466 e. The highest BCUT2D eigenvalue weighted by Gasteiger charge is 2.29. The first kappa shape index (κ1) is 6.98. The molecular weight excluding hydrogens is 110 g/mol. The van der Waals surface area contributed by atoms with Crippen LogP contribution < -0.4 is 5.73 Å². The van der Waals surface area contributed by atoms with Crippen LogP contribution in [-0.2, 0) is 15.9 Å². The van der Waals surface area contributed by atoms with Crippen LogP contribution >= 0.6 is 0 Å². The summed E-state index contributed by atoms with van der Waals surface area (Å²) < 4.78 is 9.74. The second-order valence-electron chi connectivity index (χ2n) is 2.05. The summed E-state index contributed by atoms with van der Waals surface area (Å²) in [4.78, 5) is 0. The number of rotatable bonds is 2. The van der Waals surface area contributed by atoms with E-state index in [0.29, 0.717) is 18.2 Å². The van der Waals surface area contributed by atoms with Crippen molar-refractivity contribution in [2.75, 3.05) is 6.54 Å². The van der Waals surface area contributed by atoms with Crippen LogP contribution in [0.4, 0.5) is 0 Å². The molecular formula is C4H10NOS+. The molecule has 2 N–H and O–H groups in total. The van der Waals surface area contributed by atoms with Gasteiger partial charge in [0.15, 0.2) is 0 Å². The molecule has 0 unspecified atom stereocenters. The molecule has 0 aromatic heterocycles. The van der Waals surface area contributed by atoms with Crippen LogP contribution in [-0.4, -0.2) is 11.3 Å². The van der Waals surface area contributed by atoms with E-state index in [2.05, 4.69) is 0 Å². The van der Waals surface area contributed by atoms with Crippen molar-refractivity contribution in [3.63, 3.8) is 0 Å². The molecule has 0 bridgehead atoms. The predicted molar refractivity (Wildman–Crippen MR) is 31.2 cm³/mol. The zero-order valence-corrected chi connectivity index (χ0v) is 5.42. The van der Waals surface area contributed by atoms with E-state index in [1.165, 1.54) is 0 Å². The fourth-order valence-electron chi connectivity index (χ4n) is 0.0340. The van der Waals surface area contributed by atoms with Crippen LogP contribution in [0.2, 0.25) is 0 Å². The van der Waals surface area contributed by atoms with Gasteiger partial charge in [0.1, 0.15) is 0 Å². The topological polar surface area (TPSA) is 43.1 Å². The zero-order valence-electron chi connectivity index (χ0n) is 4.60. The van der Waals surface area contributed by atoms with E-state index in [9.17, 15) is 4.21 Å². The SMILES string of the molecule is CC(C)(CN)[S+]=O. The average Bonchev–Trinajstić information content (AvgIpc) is 1.68. The van der Waals surface area contributed by atoms with Gasteiger partial charge in [-0.25, -0.2) is 0 Å². The van der Waals surface area contributed by atoms with Crippen LogP contribution in [0.15, 0.2) is 0 Å². The Hall–Kier alpha value is -0.0200. The highest BCUT2D eigenvalue weighted by molar-refractivity contribution is 7.67. The van der Waals surface area contributed by atoms with Crippen molar-refractivity contribution in [1.82, 2.24) is 0 Å². The first-order valence-corrected chi connectivity index (χ1v) is 2.87. The Morgan fingerprint density at radius 2 is 2.14 bits per heavy atom. The molecule has 0 aliphatic heterocycles. The Morgan fingerprint density at radius 1 is 1.71 bits per heavy atom. The molecule has 0 atom stereocenters. The summed E-state index contributed by atoms with van der Waals surface area (Å²) in [5.74, 6) is 0. The van der Waals surface area contributed by atoms with Gasteiger partial charge in [0.25, 0.3) is 4.75 Å². The maximum atomic E-state index is 10.0. The van der Waals surface area contributed by atoms with Crippen LogP contribution in [0.3, 0.4) is 0 Å². The van der Waals surface area contributed by atoms with Crippen molar-refractivity contribution < 1.29 is 4.21 Å². The molecule has 0 aliphatic carbocycles. The summed E-state index contributed by atoms with van der Waals surface area (Å²) in [5, 5.41) is 0. The summed E-state index contributed by atoms with van der Waals surface area (Å²) in [6.07, 6.45) is 0. The maximum Gasteiger partial charge on any atom is 0.466 e. The van der Waals surface area contributed by atoms with E-state index in [1.54, 1.807) is 0 Å². The Labute approximate surface area is 47.6 Å². The van der Waals surface area contributed by atoms with Crippen molar-refractivity contribution in [3.8, 4) is 0 Å². The van der Waals surface area contributed by atoms with Crippen LogP contribution in [0.1, 0.15) is 13.8 Å². The summed E-state index contributed by atoms with van der Waals surface area (Å²) in [6.45, 7) is 4.09. The van der Waals surface area contributed by atoms with E-state index in [4.69, 9.17) is 5.73 Å². The Kier molecular flexibility index (Phi) is 2.32. The zero-order chi connectivity index (χ0) is 5.91. The first-order valence-electron chi connectivity index (χ1n) is 2.13. The third kappa shape index (κ3) is 2.65. The minimum Gasteiger partial charge on any atom is -0.325 e. The lowest BCUT2D eigenvalue weighted by Gasteiger charge is -1.95. The molecule has 0 amide bonds. The fraction of sp³-hybridized carbons (Fsp3) is 1.00. The Morgan fingerprint density at radius 3 is 2.14 bits per heavy atom. The minimum absolute atomic E-state index is 0.278. The summed E-state index contributed by atoms with van der Waals surface area (Å²) in [5.41, 5.74) is 5.20. The molecule has 42 valence electrons. The van der Waals surface area contributed by atoms with Gasteiger partial charge in [-0.15, -0.1) is 0 Å². The molecule has 0 aromatic rings. The number of hydrogen-bond donors (Lipinski definition) is 1. The van der Waals surface area contributed by atoms with Gasteiger partial charge in [-0.1, -0.05) is 0 Å². The van der Waals surface area contributed by atoms with Crippen molar-refractivity contribution in [3.05, 3.63) is 0 Å². The molecule has 0 radical (unpaired) electrons. The van der Waals surface area contributed by atoms with Gasteiger partial charge in [-0.2, -0.15) is 0 Å². The average molecular weight is 120 g/mol. The van der Waals surface area contributed by atoms with Crippen molar-refractivity contribution >= 4 is 11.7 Å². The third-order valence-corrected chi connectivity index (χ3v) is 1.34. The van der Waals surface area contributed by atoms with E-state index in [-0.39, 0.29) is 4.75 Å². The molecule has 0 heterocycles. The highest BCUT2D eigenvalue weighted by atomic mass is 32.1. The molecule has 0 fully saturated rings. The van der Waals surface area contributed by atoms with E-state index < -0.39 is 0 Å². The second kappa shape index (κ2) is 2.33. The molecule has 0 rings (SSSR count). The third-order valence-electron chi connectivity index (χ3n) is 0.717. The lowest BCUT2D eigenvalue weighted by molar-refractivity contribution is 0.580. The minimum atomic E-state index is -0.278. The first-order chi connectivity index (χ1) is 3.12. The number of hydrogen-bond acceptors (Lipinski definition) is 2. The van der Waals surface area contributed by atoms with Crippen molar-refractivity contribution in [2.24, 2.45) is 5.73 Å². The monoisotopic (exact) mass is 120 g/mol. The Balaban J connectivity index is 3.58. The quantitative estimate of drug-likeness (QED) is 0.527. The van der Waals surface area contributed by atoms with Crippen molar-refractivity contribution in [2.45, 2.75) is 18.6 Å². The van der Waals surface area contributed by atoms with Gasteiger partial charge in [-0.3, -0.25) is 0 Å². The molecule has 0 aromatic carbocycles. The van der Waals surface area contributed by atoms with Gasteiger partial charge in [0.2, 0.25) is 0 Å². The lowest BCUT2D eigenvalue weighted by atomic mass is 10.2. The molecule has 7 heavy (non-hydrogen) atoms. The van der Waals surface area contributed by atoms with Gasteiger partial charge < -0.3 is 5.73 Å². The summed E-state index contributed by atoms with van der Waals surface area (Å²) >= 11 is 0.552. The van der Waals surface area contributed by atoms with Gasteiger partial charge in [-0.05, 0) is 0 Å². The van der Waals surface area contributed by atoms with Crippen LogP contribution in [0, 0.1) is 0 Å². The van der Waals surface area contributed by atoms with Gasteiger partial charge in [0, 0.05) is 18.1 Å². The number of nitrogens with two attached hydrogens (primary N) is 1. The fourth-order valence-corrected chi connectivity index (χ4v) is 0.102. The molecule has 0 saturated carbocycles. The van der Waals surface area contributed by atoms with E-state index in [1.807, 2.05) is 13.8 Å². The second-order valence-corrected chi connectivity index (χ2v) is 3.32. The van der Waals surface area contributed by atoms with E-state index >= 15 is 0 Å². The smallest absolute Gasteiger partial charge is 0.325 e. The van der Waals surface area contributed by atoms with Crippen molar-refractivity contribution in [1.29, 1.82) is 0 Å². The van der Waals surface area contributed by atoms with E-state index in [0.717, 1.165) is 0 Å². The maximum absolute atomic E-state index is 10.0. The predicted octanol–water partition coefficient (Wildman–Crippen LogP) is 0.152. The summed E-state index contributed by atoms with van der Waals surface area (Å²) in [7, 11) is 0. The lowest BCUT2D eigenvalue weighted by Crippen LogP contribution is -2.29. The van der Waals surface area contributed by atoms with Crippen LogP contribution in [0.5, 0.6) is 0 Å². The normalized spacial score (nSPS) is 11.3. The van der Waals surface area contributed by atoms with Gasteiger partial charge in [0.05, 0.1) is 6.54 Å². The molecule has 3 heteroatoms. The Bertz CT molecular complexity index is 72.1. The standard InChI is InChI=1S/C4H10NOS/c1-4(2,3-5)7-6/h3,5H2,1-2H3/q+1. The van der Waals surface area contributed by atoms with Gasteiger partial charge >= 0.3 is 11.7 Å². The molecule has 0 spiro atoms. The summed E-state index contributed by atoms with van der Waals surface area (Å²) in [6, 6.07) is 0. The molecule has 0 aliphatic rings.